The van der Waals surface area contributed by atoms with Gasteiger partial charge in [-0.05, 0) is 25.5 Å². The number of carbonyl (C=O) groups excluding carboxylic acids is 1. The zero-order valence-corrected chi connectivity index (χ0v) is 10.8. The van der Waals surface area contributed by atoms with Gasteiger partial charge in [-0.1, -0.05) is 6.08 Å². The molecular formula is C10H20O4Si. The molecule has 0 heterocycles. The first kappa shape index (κ1) is 14.5. The van der Waals surface area contributed by atoms with Crippen LogP contribution in [0.3, 0.4) is 0 Å². The summed E-state index contributed by atoms with van der Waals surface area (Å²) in [7, 11) is 1.27. The van der Waals surface area contributed by atoms with Gasteiger partial charge in [-0.15, -0.1) is 0 Å². The average molecular weight is 232 g/mol. The molecule has 0 aliphatic carbocycles. The molecule has 15 heavy (non-hydrogen) atoms. The van der Waals surface area contributed by atoms with E-state index in [4.69, 9.17) is 14.6 Å². The van der Waals surface area contributed by atoms with E-state index in [1.807, 2.05) is 6.92 Å². The largest absolute Gasteiger partial charge is 0.396 e. The Kier molecular flexibility index (Phi) is 8.50. The molecule has 0 spiro atoms. The molecule has 0 rings (SSSR count). The fourth-order valence-corrected chi connectivity index (χ4v) is 3.98. The lowest BCUT2D eigenvalue weighted by molar-refractivity contribution is -0.110. The second kappa shape index (κ2) is 8.79. The molecule has 1 N–H and O–H groups in total. The zero-order valence-electron chi connectivity index (χ0n) is 9.60. The van der Waals surface area contributed by atoms with E-state index < -0.39 is 14.7 Å². The topological polar surface area (TPSA) is 55.8 Å². The highest BCUT2D eigenvalue weighted by Gasteiger charge is 2.28. The summed E-state index contributed by atoms with van der Waals surface area (Å²) in [5.74, 6) is -0.403. The van der Waals surface area contributed by atoms with Crippen molar-refractivity contribution < 1.29 is 19.4 Å². The summed E-state index contributed by atoms with van der Waals surface area (Å²) in [6.45, 7) is 1.91. The van der Waals surface area contributed by atoms with Crippen LogP contribution >= 0.6 is 0 Å². The standard InChI is InChI=1S/C10H20O4Si/c1-4-6-9(12)15(8-5-7-11)10(13-2)14-3/h4,6,10-11,15H,5,7-8H2,1-3H3. The lowest BCUT2D eigenvalue weighted by atomic mass is 10.5. The molecule has 0 aromatic rings. The molecular weight excluding hydrogens is 212 g/mol. The van der Waals surface area contributed by atoms with E-state index in [1.54, 1.807) is 12.2 Å². The van der Waals surface area contributed by atoms with Gasteiger partial charge in [-0.2, -0.15) is 0 Å². The maximum Gasteiger partial charge on any atom is 0.188 e. The molecule has 0 radical (unpaired) electrons. The summed E-state index contributed by atoms with van der Waals surface area (Å²) < 4.78 is 10.3. The third-order valence-corrected chi connectivity index (χ3v) is 5.32. The van der Waals surface area contributed by atoms with Gasteiger partial charge < -0.3 is 19.4 Å². The van der Waals surface area contributed by atoms with Crippen LogP contribution in [-0.4, -0.2) is 46.0 Å². The first-order valence-corrected chi connectivity index (χ1v) is 7.10. The van der Waals surface area contributed by atoms with Crippen LogP contribution in [0.1, 0.15) is 13.3 Å². The van der Waals surface area contributed by atoms with Gasteiger partial charge >= 0.3 is 0 Å². The van der Waals surface area contributed by atoms with Crippen LogP contribution in [0.15, 0.2) is 12.2 Å². The highest BCUT2D eigenvalue weighted by molar-refractivity contribution is 6.92. The number of allylic oxidation sites excluding steroid dienone is 2. The summed E-state index contributed by atoms with van der Waals surface area (Å²) in [6, 6.07) is 0.700. The Balaban J connectivity index is 4.46. The first-order chi connectivity index (χ1) is 7.21. The maximum atomic E-state index is 11.7. The van der Waals surface area contributed by atoms with E-state index in [-0.39, 0.29) is 12.0 Å². The third-order valence-electron chi connectivity index (χ3n) is 2.16. The zero-order chi connectivity index (χ0) is 11.7. The van der Waals surface area contributed by atoms with E-state index in [2.05, 4.69) is 0 Å². The van der Waals surface area contributed by atoms with Gasteiger partial charge in [0.1, 0.15) is 11.3 Å². The Morgan fingerprint density at radius 3 is 2.47 bits per heavy atom. The van der Waals surface area contributed by atoms with Crippen LogP contribution in [0.2, 0.25) is 6.04 Å². The Morgan fingerprint density at radius 2 is 2.07 bits per heavy atom. The van der Waals surface area contributed by atoms with Crippen molar-refractivity contribution in [1.82, 2.24) is 0 Å². The number of rotatable bonds is 8. The first-order valence-electron chi connectivity index (χ1n) is 5.04. The number of hydrogen-bond donors (Lipinski definition) is 1. The lowest BCUT2D eigenvalue weighted by Gasteiger charge is -2.20. The summed E-state index contributed by atoms with van der Waals surface area (Å²) in [5.41, 5.74) is 0. The highest BCUT2D eigenvalue weighted by atomic mass is 28.3. The quantitative estimate of drug-likeness (QED) is 0.375. The van der Waals surface area contributed by atoms with Gasteiger partial charge in [-0.3, -0.25) is 0 Å². The highest BCUT2D eigenvalue weighted by Crippen LogP contribution is 2.08. The molecule has 0 bridgehead atoms. The van der Waals surface area contributed by atoms with Gasteiger partial charge in [0.05, 0.1) is 0 Å². The number of aliphatic hydroxyl groups is 1. The summed E-state index contributed by atoms with van der Waals surface area (Å²) in [4.78, 5) is 11.7. The predicted octanol–water partition coefficient (Wildman–Crippen LogP) is 0.438. The minimum atomic E-state index is -1.81. The minimum absolute atomic E-state index is 0.104. The smallest absolute Gasteiger partial charge is 0.188 e. The molecule has 0 saturated heterocycles. The summed E-state index contributed by atoms with van der Waals surface area (Å²) in [5, 5.41) is 8.88. The number of ether oxygens (including phenoxy) is 2. The second-order valence-electron chi connectivity index (χ2n) is 3.21. The van der Waals surface area contributed by atoms with Crippen LogP contribution in [0.25, 0.3) is 0 Å². The van der Waals surface area contributed by atoms with E-state index >= 15 is 0 Å². The van der Waals surface area contributed by atoms with Gasteiger partial charge in [0, 0.05) is 20.8 Å². The van der Waals surface area contributed by atoms with Crippen molar-refractivity contribution in [2.75, 3.05) is 20.8 Å². The van der Waals surface area contributed by atoms with Crippen molar-refractivity contribution >= 4 is 14.2 Å². The normalized spacial score (nSPS) is 13.7. The lowest BCUT2D eigenvalue weighted by Crippen LogP contribution is -2.41. The molecule has 5 heteroatoms. The molecule has 0 fully saturated rings. The van der Waals surface area contributed by atoms with Gasteiger partial charge in [0.15, 0.2) is 8.80 Å². The van der Waals surface area contributed by atoms with Crippen molar-refractivity contribution in [3.8, 4) is 0 Å². The third kappa shape index (κ3) is 5.22. The Bertz CT molecular complexity index is 202. The van der Waals surface area contributed by atoms with Crippen LogP contribution < -0.4 is 0 Å². The van der Waals surface area contributed by atoms with Crippen LogP contribution in [0, 0.1) is 0 Å². The number of hydrogen-bond acceptors (Lipinski definition) is 4. The van der Waals surface area contributed by atoms with Crippen molar-refractivity contribution in [3.63, 3.8) is 0 Å². The Hall–Kier alpha value is -0.493. The molecule has 0 aliphatic rings. The maximum absolute atomic E-state index is 11.7. The van der Waals surface area contributed by atoms with Crippen LogP contribution in [0.4, 0.5) is 0 Å². The number of carbonyl (C=O) groups is 1. The number of aliphatic hydroxyl groups excluding tert-OH is 1. The van der Waals surface area contributed by atoms with Crippen molar-refractivity contribution in [2.45, 2.75) is 25.3 Å². The molecule has 0 aromatic carbocycles. The number of methoxy groups -OCH3 is 2. The van der Waals surface area contributed by atoms with E-state index in [1.165, 1.54) is 14.2 Å². The van der Waals surface area contributed by atoms with E-state index in [9.17, 15) is 4.79 Å². The minimum Gasteiger partial charge on any atom is -0.396 e. The van der Waals surface area contributed by atoms with Crippen LogP contribution in [-0.2, 0) is 14.3 Å². The monoisotopic (exact) mass is 232 g/mol. The SMILES string of the molecule is CC=CC(=O)[SiH](CCCO)C(OC)OC. The van der Waals surface area contributed by atoms with Gasteiger partial charge in [-0.25, -0.2) is 0 Å². The average Bonchev–Trinajstić information content (AvgIpc) is 2.24. The fourth-order valence-electron chi connectivity index (χ4n) is 1.44. The van der Waals surface area contributed by atoms with Crippen molar-refractivity contribution in [1.29, 1.82) is 0 Å². The molecule has 4 nitrogen and oxygen atoms in total. The molecule has 0 amide bonds. The van der Waals surface area contributed by atoms with Crippen molar-refractivity contribution in [2.24, 2.45) is 0 Å². The van der Waals surface area contributed by atoms with Crippen molar-refractivity contribution in [3.05, 3.63) is 12.2 Å². The van der Waals surface area contributed by atoms with Gasteiger partial charge in [0.25, 0.3) is 0 Å². The van der Waals surface area contributed by atoms with Gasteiger partial charge in [0.2, 0.25) is 0 Å². The summed E-state index contributed by atoms with van der Waals surface area (Å²) >= 11 is 0. The van der Waals surface area contributed by atoms with E-state index in [0.717, 1.165) is 0 Å². The molecule has 0 aromatic heterocycles. The summed E-state index contributed by atoms with van der Waals surface area (Å²) in [6.07, 6.45) is 3.92. The molecule has 0 aliphatic heterocycles. The molecule has 1 atom stereocenters. The Labute approximate surface area is 92.5 Å². The van der Waals surface area contributed by atoms with Crippen LogP contribution in [0.5, 0.6) is 0 Å². The molecule has 88 valence electrons. The predicted molar refractivity (Wildman–Crippen MR) is 61.3 cm³/mol. The Morgan fingerprint density at radius 1 is 1.47 bits per heavy atom. The molecule has 0 saturated carbocycles. The molecule has 1 unspecified atom stereocenters. The second-order valence-corrected chi connectivity index (χ2v) is 6.12. The van der Waals surface area contributed by atoms with E-state index in [0.29, 0.717) is 12.5 Å². The fraction of sp³-hybridized carbons (Fsp3) is 0.700.